The Kier molecular flexibility index (Phi) is 10.6. The topological polar surface area (TPSA) is 132 Å². The van der Waals surface area contributed by atoms with E-state index in [-0.39, 0.29) is 48.3 Å². The van der Waals surface area contributed by atoms with Crippen LogP contribution in [0, 0.1) is 5.92 Å². The highest BCUT2D eigenvalue weighted by Crippen LogP contribution is 2.35. The maximum absolute atomic E-state index is 13.7. The highest BCUT2D eigenvalue weighted by Gasteiger charge is 2.35. The number of hydrogen-bond donors (Lipinski definition) is 4. The number of nitrogens with zero attached hydrogens (tertiary/aromatic N) is 2. The van der Waals surface area contributed by atoms with Crippen molar-refractivity contribution in [2.24, 2.45) is 5.92 Å². The summed E-state index contributed by atoms with van der Waals surface area (Å²) in [5.41, 5.74) is 0.169. The molecule has 1 heterocycles. The summed E-state index contributed by atoms with van der Waals surface area (Å²) in [5, 5.41) is 17.9. The monoisotopic (exact) mass is 643 g/mol. The zero-order valence-corrected chi connectivity index (χ0v) is 25.7. The molecule has 14 heteroatoms. The number of fused-ring (bicyclic) bond motifs is 1. The van der Waals surface area contributed by atoms with Crippen molar-refractivity contribution in [3.63, 3.8) is 0 Å². The minimum absolute atomic E-state index is 0.00892. The molecule has 5 amide bonds. The number of benzene rings is 3. The van der Waals surface area contributed by atoms with Crippen molar-refractivity contribution in [1.29, 1.82) is 0 Å². The fourth-order valence-corrected chi connectivity index (χ4v) is 4.83. The summed E-state index contributed by atoms with van der Waals surface area (Å²) in [6.45, 7) is 3.43. The maximum Gasteiger partial charge on any atom is 0.416 e. The second-order valence-corrected chi connectivity index (χ2v) is 11.0. The second kappa shape index (κ2) is 14.4. The number of carbonyl (C=O) groups is 3. The molecule has 246 valence electrons. The number of nitrogens with one attached hydrogen (secondary N) is 3. The standard InChI is InChI=1S/C32H36F3N5O6/c1-19-16-40(20(2)18-41)29(42)25-6-5-7-26(38-30(43)36-22-12-14-24(45-4)15-13-22)28(25)46-27(19)17-39(3)31(44)37-23-10-8-21(9-11-23)32(33,34)35/h5-15,19-20,27,41H,16-18H2,1-4H3,(H,37,44)(H2,36,38,43)/t19-,20+,27+/m0/s1. The lowest BCUT2D eigenvalue weighted by Gasteiger charge is -2.38. The smallest absolute Gasteiger partial charge is 0.416 e. The Balaban J connectivity index is 1.58. The lowest BCUT2D eigenvalue weighted by Crippen LogP contribution is -2.50. The summed E-state index contributed by atoms with van der Waals surface area (Å²) < 4.78 is 50.4. The van der Waals surface area contributed by atoms with Gasteiger partial charge in [0.25, 0.3) is 5.91 Å². The third-order valence-corrected chi connectivity index (χ3v) is 7.55. The molecule has 3 atom stereocenters. The van der Waals surface area contributed by atoms with E-state index in [0.29, 0.717) is 11.4 Å². The number of aliphatic hydroxyl groups is 1. The number of methoxy groups -OCH3 is 1. The quantitative estimate of drug-likeness (QED) is 0.248. The molecule has 0 saturated carbocycles. The van der Waals surface area contributed by atoms with E-state index in [1.165, 1.54) is 24.0 Å². The van der Waals surface area contributed by atoms with Gasteiger partial charge in [0.2, 0.25) is 0 Å². The van der Waals surface area contributed by atoms with Crippen LogP contribution in [0.4, 0.5) is 39.8 Å². The number of para-hydroxylation sites is 1. The molecule has 3 aromatic carbocycles. The fourth-order valence-electron chi connectivity index (χ4n) is 4.83. The van der Waals surface area contributed by atoms with Crippen molar-refractivity contribution in [1.82, 2.24) is 9.80 Å². The van der Waals surface area contributed by atoms with Gasteiger partial charge in [0.15, 0.2) is 5.75 Å². The van der Waals surface area contributed by atoms with Gasteiger partial charge in [0.05, 0.1) is 43.1 Å². The molecular weight excluding hydrogens is 607 g/mol. The molecule has 1 aliphatic rings. The highest BCUT2D eigenvalue weighted by molar-refractivity contribution is 6.04. The zero-order chi connectivity index (χ0) is 33.6. The molecule has 3 aromatic rings. The van der Waals surface area contributed by atoms with Crippen molar-refractivity contribution in [2.45, 2.75) is 32.2 Å². The minimum Gasteiger partial charge on any atom is -0.497 e. The van der Waals surface area contributed by atoms with E-state index in [9.17, 15) is 32.7 Å². The SMILES string of the molecule is COc1ccc(NC(=O)Nc2cccc3c2O[C@H](CN(C)C(=O)Nc2ccc(C(F)(F)F)cc2)[C@@H](C)CN([C@H](C)CO)C3=O)cc1. The van der Waals surface area contributed by atoms with E-state index in [2.05, 4.69) is 16.0 Å². The maximum atomic E-state index is 13.7. The molecule has 4 rings (SSSR count). The molecule has 0 radical (unpaired) electrons. The van der Waals surface area contributed by atoms with E-state index in [0.717, 1.165) is 24.3 Å². The van der Waals surface area contributed by atoms with Crippen LogP contribution >= 0.6 is 0 Å². The molecule has 0 spiro atoms. The molecule has 0 saturated heterocycles. The number of alkyl halides is 3. The number of amides is 5. The fraction of sp³-hybridized carbons (Fsp3) is 0.344. The minimum atomic E-state index is -4.51. The van der Waals surface area contributed by atoms with Gasteiger partial charge in [-0.1, -0.05) is 13.0 Å². The van der Waals surface area contributed by atoms with Gasteiger partial charge in [-0.25, -0.2) is 9.59 Å². The first-order valence-corrected chi connectivity index (χ1v) is 14.4. The predicted molar refractivity (Wildman–Crippen MR) is 166 cm³/mol. The molecule has 0 fully saturated rings. The van der Waals surface area contributed by atoms with Gasteiger partial charge >= 0.3 is 18.2 Å². The Labute approximate surface area is 264 Å². The summed E-state index contributed by atoms with van der Waals surface area (Å²) in [6, 6.07) is 13.7. The number of urea groups is 2. The normalized spacial score (nSPS) is 17.0. The van der Waals surface area contributed by atoms with Crippen molar-refractivity contribution in [2.75, 3.05) is 49.8 Å². The molecule has 4 N–H and O–H groups in total. The van der Waals surface area contributed by atoms with E-state index in [1.807, 2.05) is 6.92 Å². The number of carbonyl (C=O) groups excluding carboxylic acids is 3. The van der Waals surface area contributed by atoms with Crippen molar-refractivity contribution in [3.8, 4) is 11.5 Å². The van der Waals surface area contributed by atoms with Crippen LogP contribution in [0.25, 0.3) is 0 Å². The Morgan fingerprint density at radius 1 is 1.04 bits per heavy atom. The van der Waals surface area contributed by atoms with Crippen LogP contribution in [0.3, 0.4) is 0 Å². The molecule has 11 nitrogen and oxygen atoms in total. The Morgan fingerprint density at radius 3 is 2.28 bits per heavy atom. The molecule has 0 aliphatic carbocycles. The first-order chi connectivity index (χ1) is 21.8. The Bertz CT molecular complexity index is 1530. The van der Waals surface area contributed by atoms with Crippen LogP contribution in [-0.2, 0) is 6.18 Å². The molecule has 46 heavy (non-hydrogen) atoms. The van der Waals surface area contributed by atoms with Crippen molar-refractivity contribution in [3.05, 3.63) is 77.9 Å². The van der Waals surface area contributed by atoms with E-state index in [4.69, 9.17) is 9.47 Å². The van der Waals surface area contributed by atoms with Crippen molar-refractivity contribution >= 4 is 35.0 Å². The predicted octanol–water partition coefficient (Wildman–Crippen LogP) is 5.74. The van der Waals surface area contributed by atoms with Crippen LogP contribution in [0.5, 0.6) is 11.5 Å². The van der Waals surface area contributed by atoms with Crippen LogP contribution in [0.2, 0.25) is 0 Å². The number of likely N-dealkylation sites (N-methyl/N-ethyl adjacent to an activating group) is 1. The number of hydrogen-bond acceptors (Lipinski definition) is 6. The third kappa shape index (κ3) is 8.18. The first-order valence-electron chi connectivity index (χ1n) is 14.4. The van der Waals surface area contributed by atoms with Gasteiger partial charge in [-0.3, -0.25) is 4.79 Å². The highest BCUT2D eigenvalue weighted by atomic mass is 19.4. The lowest BCUT2D eigenvalue weighted by molar-refractivity contribution is -0.137. The van der Waals surface area contributed by atoms with Gasteiger partial charge in [0, 0.05) is 30.9 Å². The van der Waals surface area contributed by atoms with Gasteiger partial charge in [-0.2, -0.15) is 13.2 Å². The summed E-state index contributed by atoms with van der Waals surface area (Å²) >= 11 is 0. The number of aliphatic hydroxyl groups excluding tert-OH is 1. The largest absolute Gasteiger partial charge is 0.497 e. The van der Waals surface area contributed by atoms with Gasteiger partial charge < -0.3 is 40.3 Å². The number of rotatable bonds is 8. The average Bonchev–Trinajstić information content (AvgIpc) is 3.02. The summed E-state index contributed by atoms with van der Waals surface area (Å²) in [5.74, 6) is -0.0779. The van der Waals surface area contributed by atoms with Crippen LogP contribution in [-0.4, -0.2) is 78.9 Å². The third-order valence-electron chi connectivity index (χ3n) is 7.55. The first kappa shape index (κ1) is 33.9. The number of ether oxygens (including phenoxy) is 2. The molecule has 0 aromatic heterocycles. The zero-order valence-electron chi connectivity index (χ0n) is 25.7. The average molecular weight is 644 g/mol. The van der Waals surface area contributed by atoms with Gasteiger partial charge in [-0.05, 0) is 67.6 Å². The summed E-state index contributed by atoms with van der Waals surface area (Å²) in [4.78, 5) is 42.5. The van der Waals surface area contributed by atoms with E-state index < -0.39 is 41.9 Å². The molecule has 0 bridgehead atoms. The second-order valence-electron chi connectivity index (χ2n) is 11.0. The summed E-state index contributed by atoms with van der Waals surface area (Å²) in [7, 11) is 3.03. The van der Waals surface area contributed by atoms with E-state index in [1.54, 1.807) is 49.4 Å². The van der Waals surface area contributed by atoms with Gasteiger partial charge in [-0.15, -0.1) is 0 Å². The number of anilines is 3. The number of halogens is 3. The summed E-state index contributed by atoms with van der Waals surface area (Å²) in [6.07, 6.45) is -5.22. The van der Waals surface area contributed by atoms with Crippen LogP contribution in [0.15, 0.2) is 66.7 Å². The molecular formula is C32H36F3N5O6. The lowest BCUT2D eigenvalue weighted by atomic mass is 9.99. The van der Waals surface area contributed by atoms with Crippen molar-refractivity contribution < 1.29 is 42.1 Å². The molecule has 0 unspecified atom stereocenters. The van der Waals surface area contributed by atoms with Gasteiger partial charge in [0.1, 0.15) is 11.9 Å². The van der Waals surface area contributed by atoms with Crippen LogP contribution in [0.1, 0.15) is 29.8 Å². The Hall–Kier alpha value is -4.98. The molecule has 1 aliphatic heterocycles. The Morgan fingerprint density at radius 2 is 1.67 bits per heavy atom. The van der Waals surface area contributed by atoms with Crippen LogP contribution < -0.4 is 25.4 Å². The van der Waals surface area contributed by atoms with E-state index >= 15 is 0 Å².